The summed E-state index contributed by atoms with van der Waals surface area (Å²) in [5.41, 5.74) is 1.87. The molecule has 2 N–H and O–H groups in total. The number of hydrogen-bond donors (Lipinski definition) is 2. The van der Waals surface area contributed by atoms with E-state index in [2.05, 4.69) is 10.3 Å². The third-order valence-electron chi connectivity index (χ3n) is 3.46. The van der Waals surface area contributed by atoms with Crippen LogP contribution in [0.25, 0.3) is 0 Å². The van der Waals surface area contributed by atoms with Gasteiger partial charge in [0.05, 0.1) is 11.9 Å². The molecule has 0 saturated heterocycles. The van der Waals surface area contributed by atoms with E-state index < -0.39 is 12.5 Å². The highest BCUT2D eigenvalue weighted by atomic mass is 32.2. The Labute approximate surface area is 139 Å². The Morgan fingerprint density at radius 3 is 2.35 bits per heavy atom. The summed E-state index contributed by atoms with van der Waals surface area (Å²) in [5.74, 6) is -0.189. The number of nitrogens with one attached hydrogen (secondary N) is 1. The van der Waals surface area contributed by atoms with Crippen LogP contribution in [0, 0.1) is 0 Å². The van der Waals surface area contributed by atoms with E-state index in [9.17, 15) is 13.9 Å². The van der Waals surface area contributed by atoms with Crippen LogP contribution < -0.4 is 5.32 Å². The van der Waals surface area contributed by atoms with E-state index in [0.717, 1.165) is 27.8 Å². The molecule has 0 fully saturated rings. The second kappa shape index (κ2) is 8.96. The predicted molar refractivity (Wildman–Crippen MR) is 88.8 cm³/mol. The monoisotopic (exact) mass is 338 g/mol. The maximum Gasteiger partial charge on any atom is 0.247 e. The molecule has 2 rings (SSSR count). The Kier molecular flexibility index (Phi) is 6.95. The predicted octanol–water partition coefficient (Wildman–Crippen LogP) is 3.82. The molecule has 1 heterocycles. The number of aliphatic hydroxyl groups excluding tert-OH is 1. The minimum atomic E-state index is -2.30. The van der Waals surface area contributed by atoms with Gasteiger partial charge in [-0.2, -0.15) is 0 Å². The fourth-order valence-electron chi connectivity index (χ4n) is 2.12. The normalized spacial score (nSPS) is 14.0. The molecule has 2 unspecified atom stereocenters. The first kappa shape index (κ1) is 17.8. The highest BCUT2D eigenvalue weighted by Gasteiger charge is 2.11. The topological polar surface area (TPSA) is 45.1 Å². The summed E-state index contributed by atoms with van der Waals surface area (Å²) in [4.78, 5) is 4.76. The fraction of sp³-hybridized carbons (Fsp3) is 0.353. The second-order valence-corrected chi connectivity index (χ2v) is 6.29. The first-order valence-corrected chi connectivity index (χ1v) is 8.37. The second-order valence-electron chi connectivity index (χ2n) is 5.20. The molecule has 1 aromatic heterocycles. The molecular formula is C17H20F2N2OS. The molecule has 3 nitrogen and oxygen atoms in total. The molecule has 2 aromatic rings. The average molecular weight is 338 g/mol. The molecule has 0 radical (unpaired) electrons. The van der Waals surface area contributed by atoms with Gasteiger partial charge >= 0.3 is 0 Å². The minimum Gasteiger partial charge on any atom is -0.387 e. The standard InChI is InChI=1S/C17H20F2N2OS/c1-12(21-10-16(22)14-6-8-20-9-7-14)13-2-4-15(5-3-13)23-11-17(18)19/h2-9,12,16-17,21-22H,10-11H2,1H3. The molecule has 0 aliphatic carbocycles. The highest BCUT2D eigenvalue weighted by Crippen LogP contribution is 2.23. The van der Waals surface area contributed by atoms with Crippen LogP contribution in [0.15, 0.2) is 53.7 Å². The van der Waals surface area contributed by atoms with E-state index in [1.54, 1.807) is 24.5 Å². The molecule has 0 aliphatic heterocycles. The van der Waals surface area contributed by atoms with Crippen molar-refractivity contribution >= 4 is 11.8 Å². The van der Waals surface area contributed by atoms with Crippen LogP contribution in [0.3, 0.4) is 0 Å². The van der Waals surface area contributed by atoms with E-state index in [1.807, 2.05) is 31.2 Å². The molecule has 0 bridgehead atoms. The molecule has 2 atom stereocenters. The number of benzene rings is 1. The molecule has 0 aliphatic rings. The molecule has 23 heavy (non-hydrogen) atoms. The van der Waals surface area contributed by atoms with Crippen molar-refractivity contribution in [3.8, 4) is 0 Å². The molecule has 124 valence electrons. The number of hydrogen-bond acceptors (Lipinski definition) is 4. The lowest BCUT2D eigenvalue weighted by atomic mass is 10.1. The first-order chi connectivity index (χ1) is 11.1. The Bertz CT molecular complexity index is 581. The number of aliphatic hydroxyl groups is 1. The average Bonchev–Trinajstić information content (AvgIpc) is 2.58. The minimum absolute atomic E-state index is 0.0561. The van der Waals surface area contributed by atoms with E-state index >= 15 is 0 Å². The van der Waals surface area contributed by atoms with Gasteiger partial charge in [0, 0.05) is 29.9 Å². The van der Waals surface area contributed by atoms with Crippen LogP contribution >= 0.6 is 11.8 Å². The summed E-state index contributed by atoms with van der Waals surface area (Å²) in [7, 11) is 0. The Morgan fingerprint density at radius 2 is 1.74 bits per heavy atom. The lowest BCUT2D eigenvalue weighted by Crippen LogP contribution is -2.24. The van der Waals surface area contributed by atoms with Gasteiger partial charge in [-0.3, -0.25) is 4.98 Å². The number of aromatic nitrogens is 1. The Hall–Kier alpha value is -1.50. The van der Waals surface area contributed by atoms with Crippen molar-refractivity contribution in [2.45, 2.75) is 30.4 Å². The number of pyridine rings is 1. The largest absolute Gasteiger partial charge is 0.387 e. The van der Waals surface area contributed by atoms with Gasteiger partial charge in [0.15, 0.2) is 0 Å². The number of alkyl halides is 2. The molecular weight excluding hydrogens is 318 g/mol. The molecule has 6 heteroatoms. The van der Waals surface area contributed by atoms with Crippen molar-refractivity contribution in [2.75, 3.05) is 12.3 Å². The van der Waals surface area contributed by atoms with E-state index in [4.69, 9.17) is 0 Å². The zero-order valence-electron chi connectivity index (χ0n) is 12.8. The van der Waals surface area contributed by atoms with Gasteiger partial charge in [-0.15, -0.1) is 11.8 Å². The highest BCUT2D eigenvalue weighted by molar-refractivity contribution is 7.99. The quantitative estimate of drug-likeness (QED) is 0.718. The third kappa shape index (κ3) is 5.89. The summed E-state index contributed by atoms with van der Waals surface area (Å²) in [6.45, 7) is 2.42. The summed E-state index contributed by atoms with van der Waals surface area (Å²) in [6, 6.07) is 11.2. The lowest BCUT2D eigenvalue weighted by Gasteiger charge is -2.18. The number of rotatable bonds is 8. The van der Waals surface area contributed by atoms with Gasteiger partial charge in [-0.05, 0) is 42.3 Å². The zero-order valence-corrected chi connectivity index (χ0v) is 13.6. The molecule has 0 amide bonds. The smallest absolute Gasteiger partial charge is 0.247 e. The number of thioether (sulfide) groups is 1. The lowest BCUT2D eigenvalue weighted by molar-refractivity contribution is 0.170. The van der Waals surface area contributed by atoms with Crippen molar-refractivity contribution in [1.29, 1.82) is 0 Å². The summed E-state index contributed by atoms with van der Waals surface area (Å²) in [5, 5.41) is 13.4. The summed E-state index contributed by atoms with van der Waals surface area (Å²) in [6.07, 6.45) is 0.409. The van der Waals surface area contributed by atoms with E-state index in [1.165, 1.54) is 0 Å². The number of nitrogens with zero attached hydrogens (tertiary/aromatic N) is 1. The van der Waals surface area contributed by atoms with Crippen LogP contribution in [-0.4, -0.2) is 28.8 Å². The van der Waals surface area contributed by atoms with Crippen LogP contribution in [0.2, 0.25) is 0 Å². The van der Waals surface area contributed by atoms with E-state index in [0.29, 0.717) is 6.54 Å². The maximum absolute atomic E-state index is 12.2. The fourth-order valence-corrected chi connectivity index (χ4v) is 2.77. The van der Waals surface area contributed by atoms with Crippen LogP contribution in [-0.2, 0) is 0 Å². The van der Waals surface area contributed by atoms with E-state index in [-0.39, 0.29) is 11.8 Å². The molecule has 0 spiro atoms. The van der Waals surface area contributed by atoms with Crippen LogP contribution in [0.4, 0.5) is 8.78 Å². The maximum atomic E-state index is 12.2. The third-order valence-corrected chi connectivity index (χ3v) is 4.49. The van der Waals surface area contributed by atoms with Crippen molar-refractivity contribution < 1.29 is 13.9 Å². The zero-order chi connectivity index (χ0) is 16.7. The molecule has 0 saturated carbocycles. The van der Waals surface area contributed by atoms with Gasteiger partial charge in [0.1, 0.15) is 0 Å². The number of halogens is 2. The Balaban J connectivity index is 1.84. The van der Waals surface area contributed by atoms with Crippen LogP contribution in [0.1, 0.15) is 30.2 Å². The van der Waals surface area contributed by atoms with Crippen LogP contribution in [0.5, 0.6) is 0 Å². The first-order valence-electron chi connectivity index (χ1n) is 7.38. The summed E-state index contributed by atoms with van der Waals surface area (Å²) < 4.78 is 24.4. The van der Waals surface area contributed by atoms with Crippen molar-refractivity contribution in [3.63, 3.8) is 0 Å². The summed E-state index contributed by atoms with van der Waals surface area (Å²) >= 11 is 1.15. The van der Waals surface area contributed by atoms with Gasteiger partial charge < -0.3 is 10.4 Å². The Morgan fingerprint density at radius 1 is 1.09 bits per heavy atom. The van der Waals surface area contributed by atoms with Gasteiger partial charge in [-0.25, -0.2) is 8.78 Å². The van der Waals surface area contributed by atoms with Crippen molar-refractivity contribution in [1.82, 2.24) is 10.3 Å². The SMILES string of the molecule is CC(NCC(O)c1ccncc1)c1ccc(SCC(F)F)cc1. The van der Waals surface area contributed by atoms with Crippen molar-refractivity contribution in [3.05, 3.63) is 59.9 Å². The molecule has 1 aromatic carbocycles. The van der Waals surface area contributed by atoms with Gasteiger partial charge in [-0.1, -0.05) is 12.1 Å². The van der Waals surface area contributed by atoms with Gasteiger partial charge in [0.25, 0.3) is 0 Å². The van der Waals surface area contributed by atoms with Gasteiger partial charge in [0.2, 0.25) is 6.43 Å². The van der Waals surface area contributed by atoms with Crippen molar-refractivity contribution in [2.24, 2.45) is 0 Å².